The van der Waals surface area contributed by atoms with Gasteiger partial charge in [-0.1, -0.05) is 18.3 Å². The van der Waals surface area contributed by atoms with Gasteiger partial charge in [-0.05, 0) is 6.42 Å². The topological polar surface area (TPSA) is 75.5 Å². The maximum Gasteiger partial charge on any atom is 0.324 e. The second-order valence-electron chi connectivity index (χ2n) is 4.24. The Balaban J connectivity index is 2.13. The highest BCUT2D eigenvalue weighted by Gasteiger charge is 2.29. The number of hydrogen-bond donors (Lipinski definition) is 1. The number of carbonyl (C=O) groups is 1. The van der Waals surface area contributed by atoms with Gasteiger partial charge in [-0.25, -0.2) is 0 Å². The number of hydrogen-bond acceptors (Lipinski definition) is 5. The largest absolute Gasteiger partial charge is 0.333 e. The SMILES string of the molecule is CCCN(C(=O)c1csc([N+](=O)[O-])c1)C1CNC1. The van der Waals surface area contributed by atoms with Gasteiger partial charge in [-0.3, -0.25) is 14.9 Å². The van der Waals surface area contributed by atoms with Crippen molar-refractivity contribution >= 4 is 22.2 Å². The fourth-order valence-electron chi connectivity index (χ4n) is 1.88. The Hall–Kier alpha value is -1.47. The normalized spacial score (nSPS) is 15.2. The lowest BCUT2D eigenvalue weighted by Crippen LogP contribution is -2.59. The fraction of sp³-hybridized carbons (Fsp3) is 0.545. The molecule has 0 aromatic carbocycles. The van der Waals surface area contributed by atoms with Crippen LogP contribution in [0.15, 0.2) is 11.4 Å². The lowest BCUT2D eigenvalue weighted by Gasteiger charge is -2.38. The van der Waals surface area contributed by atoms with Gasteiger partial charge in [-0.15, -0.1) is 0 Å². The van der Waals surface area contributed by atoms with Crippen molar-refractivity contribution in [3.63, 3.8) is 0 Å². The molecule has 0 aliphatic carbocycles. The molecule has 0 saturated carbocycles. The van der Waals surface area contributed by atoms with Crippen molar-refractivity contribution in [1.29, 1.82) is 0 Å². The van der Waals surface area contributed by atoms with E-state index in [4.69, 9.17) is 0 Å². The summed E-state index contributed by atoms with van der Waals surface area (Å²) in [5, 5.41) is 15.3. The van der Waals surface area contributed by atoms with Crippen LogP contribution in [0, 0.1) is 10.1 Å². The third kappa shape index (κ3) is 2.51. The van der Waals surface area contributed by atoms with Crippen LogP contribution >= 0.6 is 11.3 Å². The Morgan fingerprint density at radius 2 is 2.39 bits per heavy atom. The molecule has 1 aliphatic heterocycles. The number of nitro groups is 1. The van der Waals surface area contributed by atoms with Crippen molar-refractivity contribution in [1.82, 2.24) is 10.2 Å². The Kier molecular flexibility index (Phi) is 3.93. The number of amides is 1. The summed E-state index contributed by atoms with van der Waals surface area (Å²) in [6.45, 7) is 4.31. The summed E-state index contributed by atoms with van der Waals surface area (Å²) < 4.78 is 0. The van der Waals surface area contributed by atoms with Gasteiger partial charge in [0, 0.05) is 31.1 Å². The molecule has 0 unspecified atom stereocenters. The molecule has 1 fully saturated rings. The van der Waals surface area contributed by atoms with Crippen LogP contribution in [-0.4, -0.2) is 41.4 Å². The lowest BCUT2D eigenvalue weighted by molar-refractivity contribution is -0.380. The highest BCUT2D eigenvalue weighted by atomic mass is 32.1. The van der Waals surface area contributed by atoms with E-state index in [-0.39, 0.29) is 17.0 Å². The van der Waals surface area contributed by atoms with E-state index < -0.39 is 4.92 Å². The highest BCUT2D eigenvalue weighted by Crippen LogP contribution is 2.24. The van der Waals surface area contributed by atoms with Crippen LogP contribution in [0.25, 0.3) is 0 Å². The molecule has 98 valence electrons. The van der Waals surface area contributed by atoms with Crippen LogP contribution in [0.5, 0.6) is 0 Å². The number of carbonyl (C=O) groups excluding carboxylic acids is 1. The molecule has 2 heterocycles. The van der Waals surface area contributed by atoms with Crippen LogP contribution in [0.1, 0.15) is 23.7 Å². The van der Waals surface area contributed by atoms with Crippen molar-refractivity contribution in [2.75, 3.05) is 19.6 Å². The molecule has 1 saturated heterocycles. The van der Waals surface area contributed by atoms with E-state index in [1.54, 1.807) is 5.38 Å². The van der Waals surface area contributed by atoms with E-state index >= 15 is 0 Å². The monoisotopic (exact) mass is 269 g/mol. The maximum absolute atomic E-state index is 12.3. The van der Waals surface area contributed by atoms with Crippen molar-refractivity contribution in [3.8, 4) is 0 Å². The summed E-state index contributed by atoms with van der Waals surface area (Å²) in [5.41, 5.74) is 0.423. The first-order valence-electron chi connectivity index (χ1n) is 5.88. The smallest absolute Gasteiger partial charge is 0.324 e. The van der Waals surface area contributed by atoms with E-state index in [0.29, 0.717) is 12.1 Å². The quantitative estimate of drug-likeness (QED) is 0.649. The van der Waals surface area contributed by atoms with E-state index in [2.05, 4.69) is 5.32 Å². The van der Waals surface area contributed by atoms with E-state index in [0.717, 1.165) is 30.8 Å². The summed E-state index contributed by atoms with van der Waals surface area (Å²) in [6, 6.07) is 1.58. The van der Waals surface area contributed by atoms with Gasteiger partial charge in [0.15, 0.2) is 0 Å². The molecule has 1 aromatic rings. The Morgan fingerprint density at radius 1 is 1.67 bits per heavy atom. The minimum absolute atomic E-state index is 0.0153. The van der Waals surface area contributed by atoms with Gasteiger partial charge in [-0.2, -0.15) is 0 Å². The van der Waals surface area contributed by atoms with Crippen LogP contribution in [0.2, 0.25) is 0 Å². The molecular formula is C11H15N3O3S. The van der Waals surface area contributed by atoms with Crippen LogP contribution in [0.3, 0.4) is 0 Å². The van der Waals surface area contributed by atoms with Gasteiger partial charge < -0.3 is 10.2 Å². The van der Waals surface area contributed by atoms with E-state index in [1.165, 1.54) is 6.07 Å². The molecule has 1 amide bonds. The Labute approximate surface area is 109 Å². The summed E-state index contributed by atoms with van der Waals surface area (Å²) in [7, 11) is 0. The van der Waals surface area contributed by atoms with E-state index in [9.17, 15) is 14.9 Å². The first-order valence-corrected chi connectivity index (χ1v) is 6.76. The summed E-state index contributed by atoms with van der Waals surface area (Å²) >= 11 is 0.997. The Bertz CT molecular complexity index is 456. The minimum atomic E-state index is -0.462. The maximum atomic E-state index is 12.3. The third-order valence-electron chi connectivity index (χ3n) is 2.94. The second kappa shape index (κ2) is 5.45. The van der Waals surface area contributed by atoms with Gasteiger partial charge in [0.05, 0.1) is 16.5 Å². The summed E-state index contributed by atoms with van der Waals surface area (Å²) in [5.74, 6) is -0.104. The molecule has 2 rings (SSSR count). The van der Waals surface area contributed by atoms with Gasteiger partial charge in [0.1, 0.15) is 0 Å². The number of nitrogens with one attached hydrogen (secondary N) is 1. The average molecular weight is 269 g/mol. The molecule has 0 spiro atoms. The Morgan fingerprint density at radius 3 is 2.83 bits per heavy atom. The van der Waals surface area contributed by atoms with E-state index in [1.807, 2.05) is 11.8 Å². The molecule has 0 bridgehead atoms. The van der Waals surface area contributed by atoms with Crippen molar-refractivity contribution in [2.24, 2.45) is 0 Å². The second-order valence-corrected chi connectivity index (χ2v) is 5.13. The first kappa shape index (κ1) is 13.0. The summed E-state index contributed by atoms with van der Waals surface area (Å²) in [6.07, 6.45) is 0.883. The molecule has 1 N–H and O–H groups in total. The van der Waals surface area contributed by atoms with Crippen LogP contribution in [-0.2, 0) is 0 Å². The number of thiophene rings is 1. The van der Waals surface area contributed by atoms with Crippen LogP contribution < -0.4 is 5.32 Å². The molecule has 0 atom stereocenters. The zero-order valence-corrected chi connectivity index (χ0v) is 10.9. The number of nitrogens with zero attached hydrogens (tertiary/aromatic N) is 2. The minimum Gasteiger partial charge on any atom is -0.333 e. The molecular weight excluding hydrogens is 254 g/mol. The fourth-order valence-corrected chi connectivity index (χ4v) is 2.58. The third-order valence-corrected chi connectivity index (χ3v) is 3.82. The molecule has 6 nitrogen and oxygen atoms in total. The average Bonchev–Trinajstić information content (AvgIpc) is 2.74. The van der Waals surface area contributed by atoms with Gasteiger partial charge in [0.25, 0.3) is 5.91 Å². The zero-order chi connectivity index (χ0) is 13.1. The first-order chi connectivity index (χ1) is 8.63. The zero-order valence-electron chi connectivity index (χ0n) is 10.1. The molecule has 1 aliphatic rings. The highest BCUT2D eigenvalue weighted by molar-refractivity contribution is 7.13. The molecule has 18 heavy (non-hydrogen) atoms. The van der Waals surface area contributed by atoms with Crippen molar-refractivity contribution in [2.45, 2.75) is 19.4 Å². The molecule has 7 heteroatoms. The lowest BCUT2D eigenvalue weighted by atomic mass is 10.1. The molecule has 1 aromatic heterocycles. The van der Waals surface area contributed by atoms with Crippen LogP contribution in [0.4, 0.5) is 5.00 Å². The summed E-state index contributed by atoms with van der Waals surface area (Å²) in [4.78, 5) is 24.2. The number of rotatable bonds is 5. The molecule has 0 radical (unpaired) electrons. The van der Waals surface area contributed by atoms with Gasteiger partial charge >= 0.3 is 5.00 Å². The van der Waals surface area contributed by atoms with Crippen molar-refractivity contribution < 1.29 is 9.72 Å². The predicted molar refractivity (Wildman–Crippen MR) is 69.0 cm³/mol. The standard InChI is InChI=1S/C11H15N3O3S/c1-2-3-13(9-5-12-6-9)11(15)8-4-10(14(16)17)18-7-8/h4,7,9,12H,2-3,5-6H2,1H3. The van der Waals surface area contributed by atoms with Crippen molar-refractivity contribution in [3.05, 3.63) is 27.1 Å². The van der Waals surface area contributed by atoms with Gasteiger partial charge in [0.2, 0.25) is 0 Å². The predicted octanol–water partition coefficient (Wildman–Crippen LogP) is 1.48.